The molecule has 0 unspecified atom stereocenters. The SMILES string of the molecule is Cn1c2ccc(-c3ccc(-c4ccccc4)cc3)cc2c2cc(-c3ccc(-c4ccccc4)cc3)ccc21. The predicted octanol–water partition coefficient (Wildman–Crippen LogP) is 10.00. The van der Waals surface area contributed by atoms with Crippen LogP contribution in [0.5, 0.6) is 0 Å². The van der Waals surface area contributed by atoms with Gasteiger partial charge in [-0.05, 0) is 68.8 Å². The van der Waals surface area contributed by atoms with Gasteiger partial charge in [0, 0.05) is 28.9 Å². The highest BCUT2D eigenvalue weighted by Crippen LogP contribution is 2.35. The van der Waals surface area contributed by atoms with E-state index in [1.165, 1.54) is 66.3 Å². The Morgan fingerprint density at radius 3 is 0.974 bits per heavy atom. The van der Waals surface area contributed by atoms with Crippen molar-refractivity contribution in [2.45, 2.75) is 0 Å². The number of benzene rings is 6. The highest BCUT2D eigenvalue weighted by molar-refractivity contribution is 6.10. The molecule has 1 nitrogen and oxygen atoms in total. The molecule has 0 saturated carbocycles. The number of aromatic nitrogens is 1. The predicted molar refractivity (Wildman–Crippen MR) is 162 cm³/mol. The van der Waals surface area contributed by atoms with Crippen molar-refractivity contribution in [2.75, 3.05) is 0 Å². The summed E-state index contributed by atoms with van der Waals surface area (Å²) in [6, 6.07) is 52.6. The molecule has 0 spiro atoms. The van der Waals surface area contributed by atoms with E-state index in [0.29, 0.717) is 0 Å². The summed E-state index contributed by atoms with van der Waals surface area (Å²) in [6.07, 6.45) is 0. The minimum atomic E-state index is 1.23. The Balaban J connectivity index is 1.27. The fourth-order valence-electron chi connectivity index (χ4n) is 5.55. The Hall–Kier alpha value is -4.88. The van der Waals surface area contributed by atoms with E-state index >= 15 is 0 Å². The van der Waals surface area contributed by atoms with Crippen LogP contribution in [0.1, 0.15) is 0 Å². The van der Waals surface area contributed by atoms with Crippen molar-refractivity contribution in [2.24, 2.45) is 7.05 Å². The van der Waals surface area contributed by atoms with Crippen molar-refractivity contribution < 1.29 is 0 Å². The molecule has 180 valence electrons. The summed E-state index contributed by atoms with van der Waals surface area (Å²) >= 11 is 0. The van der Waals surface area contributed by atoms with Crippen molar-refractivity contribution >= 4 is 21.8 Å². The normalized spacial score (nSPS) is 11.3. The van der Waals surface area contributed by atoms with Gasteiger partial charge in [0.1, 0.15) is 0 Å². The molecule has 0 radical (unpaired) electrons. The van der Waals surface area contributed by atoms with Crippen LogP contribution >= 0.6 is 0 Å². The standard InChI is InChI=1S/C37H27N/c1-38-36-22-20-32(30-16-12-28(13-17-30)26-8-4-2-5-9-26)24-34(36)35-25-33(21-23-37(35)38)31-18-14-29(15-19-31)27-10-6-3-7-11-27/h2-25H,1H3. The number of rotatable bonds is 4. The second kappa shape index (κ2) is 9.21. The summed E-state index contributed by atoms with van der Waals surface area (Å²) in [5.74, 6) is 0. The van der Waals surface area contributed by atoms with Crippen molar-refractivity contribution in [1.29, 1.82) is 0 Å². The van der Waals surface area contributed by atoms with E-state index in [4.69, 9.17) is 0 Å². The first kappa shape index (κ1) is 22.3. The Labute approximate surface area is 223 Å². The maximum Gasteiger partial charge on any atom is 0.0489 e. The molecule has 7 rings (SSSR count). The van der Waals surface area contributed by atoms with Crippen LogP contribution in [0.2, 0.25) is 0 Å². The van der Waals surface area contributed by atoms with Crippen molar-refractivity contribution in [1.82, 2.24) is 4.57 Å². The van der Waals surface area contributed by atoms with E-state index in [1.807, 2.05) is 0 Å². The van der Waals surface area contributed by atoms with Gasteiger partial charge in [0.15, 0.2) is 0 Å². The number of fused-ring (bicyclic) bond motifs is 3. The molecular formula is C37H27N. The minimum absolute atomic E-state index is 1.23. The van der Waals surface area contributed by atoms with Crippen molar-refractivity contribution in [3.8, 4) is 44.5 Å². The molecule has 0 saturated heterocycles. The van der Waals surface area contributed by atoms with Gasteiger partial charge < -0.3 is 4.57 Å². The average Bonchev–Trinajstić information content (AvgIpc) is 3.28. The van der Waals surface area contributed by atoms with Crippen LogP contribution < -0.4 is 0 Å². The van der Waals surface area contributed by atoms with Gasteiger partial charge in [-0.3, -0.25) is 0 Å². The lowest BCUT2D eigenvalue weighted by atomic mass is 9.97. The summed E-state index contributed by atoms with van der Waals surface area (Å²) in [7, 11) is 2.16. The van der Waals surface area contributed by atoms with Gasteiger partial charge in [-0.25, -0.2) is 0 Å². The zero-order valence-corrected chi connectivity index (χ0v) is 21.3. The molecule has 0 amide bonds. The van der Waals surface area contributed by atoms with E-state index in [9.17, 15) is 0 Å². The number of nitrogens with zero attached hydrogens (tertiary/aromatic N) is 1. The molecule has 1 heterocycles. The van der Waals surface area contributed by atoms with E-state index in [2.05, 4.69) is 157 Å². The quantitative estimate of drug-likeness (QED) is 0.234. The second-order valence-corrected chi connectivity index (χ2v) is 9.91. The number of hydrogen-bond acceptors (Lipinski definition) is 0. The maximum absolute atomic E-state index is 2.34. The Kier molecular flexibility index (Phi) is 5.41. The van der Waals surface area contributed by atoms with Gasteiger partial charge in [-0.15, -0.1) is 0 Å². The molecule has 1 heteroatoms. The monoisotopic (exact) mass is 485 g/mol. The van der Waals surface area contributed by atoms with Crippen LogP contribution in [0.15, 0.2) is 146 Å². The fourth-order valence-corrected chi connectivity index (χ4v) is 5.55. The van der Waals surface area contributed by atoms with Gasteiger partial charge >= 0.3 is 0 Å². The van der Waals surface area contributed by atoms with E-state index in [-0.39, 0.29) is 0 Å². The fraction of sp³-hybridized carbons (Fsp3) is 0.0270. The topological polar surface area (TPSA) is 4.93 Å². The lowest BCUT2D eigenvalue weighted by Gasteiger charge is -2.06. The van der Waals surface area contributed by atoms with Crippen LogP contribution in [0, 0.1) is 0 Å². The van der Waals surface area contributed by atoms with Gasteiger partial charge in [0.25, 0.3) is 0 Å². The molecule has 0 aliphatic rings. The lowest BCUT2D eigenvalue weighted by Crippen LogP contribution is -1.86. The molecule has 0 aliphatic heterocycles. The third-order valence-electron chi connectivity index (χ3n) is 7.66. The van der Waals surface area contributed by atoms with Crippen molar-refractivity contribution in [3.63, 3.8) is 0 Å². The first-order valence-corrected chi connectivity index (χ1v) is 13.1. The van der Waals surface area contributed by atoms with Gasteiger partial charge in [0.05, 0.1) is 0 Å². The maximum atomic E-state index is 2.34. The Morgan fingerprint density at radius 2 is 0.605 bits per heavy atom. The largest absolute Gasteiger partial charge is 0.344 e. The molecule has 1 aromatic heterocycles. The third-order valence-corrected chi connectivity index (χ3v) is 7.66. The zero-order valence-electron chi connectivity index (χ0n) is 21.3. The summed E-state index contributed by atoms with van der Waals surface area (Å²) in [5.41, 5.74) is 12.4. The second-order valence-electron chi connectivity index (χ2n) is 9.91. The summed E-state index contributed by atoms with van der Waals surface area (Å²) in [4.78, 5) is 0. The number of aryl methyl sites for hydroxylation is 1. The highest BCUT2D eigenvalue weighted by atomic mass is 14.9. The van der Waals surface area contributed by atoms with Gasteiger partial charge in [-0.1, -0.05) is 121 Å². The van der Waals surface area contributed by atoms with Gasteiger partial charge in [-0.2, -0.15) is 0 Å². The molecule has 0 bridgehead atoms. The number of hydrogen-bond donors (Lipinski definition) is 0. The molecule has 0 aliphatic carbocycles. The van der Waals surface area contributed by atoms with E-state index < -0.39 is 0 Å². The summed E-state index contributed by atoms with van der Waals surface area (Å²) < 4.78 is 2.30. The Morgan fingerprint density at radius 1 is 0.316 bits per heavy atom. The first-order chi connectivity index (χ1) is 18.7. The minimum Gasteiger partial charge on any atom is -0.344 e. The zero-order chi connectivity index (χ0) is 25.5. The highest BCUT2D eigenvalue weighted by Gasteiger charge is 2.11. The van der Waals surface area contributed by atoms with E-state index in [1.54, 1.807) is 0 Å². The van der Waals surface area contributed by atoms with Crippen LogP contribution in [0.25, 0.3) is 66.3 Å². The molecule has 38 heavy (non-hydrogen) atoms. The average molecular weight is 486 g/mol. The molecule has 0 fully saturated rings. The van der Waals surface area contributed by atoms with Crippen LogP contribution in [-0.4, -0.2) is 4.57 Å². The lowest BCUT2D eigenvalue weighted by molar-refractivity contribution is 1.01. The molecule has 7 aromatic rings. The Bertz CT molecular complexity index is 1740. The molecule has 0 atom stereocenters. The van der Waals surface area contributed by atoms with Crippen molar-refractivity contribution in [3.05, 3.63) is 146 Å². The molecular weight excluding hydrogens is 458 g/mol. The smallest absolute Gasteiger partial charge is 0.0489 e. The van der Waals surface area contributed by atoms with E-state index in [0.717, 1.165) is 0 Å². The summed E-state index contributed by atoms with van der Waals surface area (Å²) in [6.45, 7) is 0. The molecule has 0 N–H and O–H groups in total. The third kappa shape index (κ3) is 3.90. The van der Waals surface area contributed by atoms with Crippen LogP contribution in [-0.2, 0) is 7.05 Å². The summed E-state index contributed by atoms with van der Waals surface area (Å²) in [5, 5.41) is 2.57. The first-order valence-electron chi connectivity index (χ1n) is 13.1. The molecule has 6 aromatic carbocycles. The van der Waals surface area contributed by atoms with Gasteiger partial charge in [0.2, 0.25) is 0 Å². The van der Waals surface area contributed by atoms with Crippen LogP contribution in [0.3, 0.4) is 0 Å². The van der Waals surface area contributed by atoms with Crippen LogP contribution in [0.4, 0.5) is 0 Å².